The Kier molecular flexibility index (Phi) is 4.95. The van der Waals surface area contributed by atoms with Crippen LogP contribution in [0, 0.1) is 5.92 Å². The van der Waals surface area contributed by atoms with Crippen LogP contribution >= 0.6 is 0 Å². The van der Waals surface area contributed by atoms with Gasteiger partial charge in [-0.3, -0.25) is 0 Å². The minimum absolute atomic E-state index is 0.479. The molecule has 1 rings (SSSR count). The second kappa shape index (κ2) is 6.02. The third-order valence-electron chi connectivity index (χ3n) is 3.20. The molecular weight excluding hydrogens is 170 g/mol. The lowest BCUT2D eigenvalue weighted by molar-refractivity contribution is 0.328. The summed E-state index contributed by atoms with van der Waals surface area (Å²) in [5.74, 6) is 0.885. The zero-order chi connectivity index (χ0) is 10.4. The van der Waals surface area contributed by atoms with Crippen LogP contribution in [0.25, 0.3) is 0 Å². The topological polar surface area (TPSA) is 26.0 Å². The molecule has 14 heavy (non-hydrogen) atoms. The summed E-state index contributed by atoms with van der Waals surface area (Å²) in [6.45, 7) is 4.23. The van der Waals surface area contributed by atoms with Crippen molar-refractivity contribution in [1.29, 1.82) is 0 Å². The van der Waals surface area contributed by atoms with Crippen LogP contribution in [0.2, 0.25) is 0 Å². The third-order valence-corrected chi connectivity index (χ3v) is 3.20. The minimum atomic E-state index is 0.479. The Hall–Kier alpha value is -0.560. The normalized spacial score (nSPS) is 29.8. The van der Waals surface area contributed by atoms with Crippen molar-refractivity contribution in [2.24, 2.45) is 11.7 Å². The summed E-state index contributed by atoms with van der Waals surface area (Å²) in [6.07, 6.45) is 13.0. The van der Waals surface area contributed by atoms with Crippen molar-refractivity contribution < 1.29 is 0 Å². The van der Waals surface area contributed by atoms with Crippen LogP contribution < -0.4 is 5.73 Å². The number of nitrogens with two attached hydrogens (primary N) is 1. The lowest BCUT2D eigenvalue weighted by Crippen LogP contribution is -2.26. The fourth-order valence-corrected chi connectivity index (χ4v) is 1.97. The molecule has 2 N–H and O–H groups in total. The predicted molar refractivity (Wildman–Crippen MR) is 63.1 cm³/mol. The van der Waals surface area contributed by atoms with Crippen molar-refractivity contribution in [3.8, 4) is 0 Å². The molecular formula is C13H23N. The van der Waals surface area contributed by atoms with E-state index < -0.39 is 0 Å². The highest BCUT2D eigenvalue weighted by molar-refractivity contribution is 5.14. The first-order valence-corrected chi connectivity index (χ1v) is 5.77. The number of rotatable bonds is 3. The summed E-state index contributed by atoms with van der Waals surface area (Å²) in [5, 5.41) is 0. The van der Waals surface area contributed by atoms with E-state index >= 15 is 0 Å². The highest BCUT2D eigenvalue weighted by Crippen LogP contribution is 2.26. The van der Waals surface area contributed by atoms with Crippen LogP contribution in [0.1, 0.15) is 46.0 Å². The molecule has 1 heteroatoms. The molecule has 1 aliphatic rings. The molecule has 0 spiro atoms. The van der Waals surface area contributed by atoms with E-state index in [2.05, 4.69) is 32.1 Å². The molecule has 0 amide bonds. The van der Waals surface area contributed by atoms with Gasteiger partial charge in [-0.2, -0.15) is 0 Å². The van der Waals surface area contributed by atoms with Gasteiger partial charge < -0.3 is 5.73 Å². The van der Waals surface area contributed by atoms with Crippen molar-refractivity contribution in [1.82, 2.24) is 0 Å². The van der Waals surface area contributed by atoms with Gasteiger partial charge in [-0.05, 0) is 51.9 Å². The smallest absolute Gasteiger partial charge is 0.00390 e. The molecule has 0 aliphatic heterocycles. The Balaban J connectivity index is 2.22. The van der Waals surface area contributed by atoms with E-state index in [9.17, 15) is 0 Å². The molecule has 0 atom stereocenters. The van der Waals surface area contributed by atoms with Crippen LogP contribution in [0.3, 0.4) is 0 Å². The van der Waals surface area contributed by atoms with Gasteiger partial charge in [-0.25, -0.2) is 0 Å². The summed E-state index contributed by atoms with van der Waals surface area (Å²) in [5.41, 5.74) is 7.23. The molecule has 0 saturated heterocycles. The van der Waals surface area contributed by atoms with Gasteiger partial charge in [0, 0.05) is 6.04 Å². The molecule has 1 saturated carbocycles. The maximum Gasteiger partial charge on any atom is 0.00390 e. The highest BCUT2D eigenvalue weighted by atomic mass is 14.6. The molecule has 1 nitrogen and oxygen atoms in total. The van der Waals surface area contributed by atoms with Gasteiger partial charge in [-0.15, -0.1) is 0 Å². The van der Waals surface area contributed by atoms with Crippen molar-refractivity contribution >= 4 is 0 Å². The minimum Gasteiger partial charge on any atom is -0.328 e. The lowest BCUT2D eigenvalue weighted by atomic mass is 9.84. The maximum atomic E-state index is 5.87. The standard InChI is InChI=1S/C13H23N/c1-3-11(2)5-4-6-12-7-9-13(14)10-8-12/h3-5,12-13H,6-10,14H2,1-2H3/b5-4-,11-3-. The van der Waals surface area contributed by atoms with Crippen molar-refractivity contribution in [3.63, 3.8) is 0 Å². The molecule has 0 aromatic carbocycles. The summed E-state index contributed by atoms with van der Waals surface area (Å²) in [7, 11) is 0. The Morgan fingerprint density at radius 3 is 2.50 bits per heavy atom. The van der Waals surface area contributed by atoms with Crippen molar-refractivity contribution in [2.45, 2.75) is 52.0 Å². The van der Waals surface area contributed by atoms with Gasteiger partial charge in [0.2, 0.25) is 0 Å². The van der Waals surface area contributed by atoms with E-state index in [1.165, 1.54) is 37.7 Å². The van der Waals surface area contributed by atoms with Crippen LogP contribution in [0.4, 0.5) is 0 Å². The first-order chi connectivity index (χ1) is 6.72. The first-order valence-electron chi connectivity index (χ1n) is 5.77. The monoisotopic (exact) mass is 193 g/mol. The molecule has 0 aromatic heterocycles. The van der Waals surface area contributed by atoms with E-state index in [0.29, 0.717) is 6.04 Å². The fourth-order valence-electron chi connectivity index (χ4n) is 1.97. The molecule has 1 aliphatic carbocycles. The average molecular weight is 193 g/mol. The largest absolute Gasteiger partial charge is 0.328 e. The van der Waals surface area contributed by atoms with Gasteiger partial charge in [0.25, 0.3) is 0 Å². The molecule has 0 unspecified atom stereocenters. The summed E-state index contributed by atoms with van der Waals surface area (Å²) >= 11 is 0. The van der Waals surface area contributed by atoms with Gasteiger partial charge in [-0.1, -0.05) is 23.8 Å². The van der Waals surface area contributed by atoms with E-state index in [-0.39, 0.29) is 0 Å². The quantitative estimate of drug-likeness (QED) is 0.683. The third kappa shape index (κ3) is 4.10. The summed E-state index contributed by atoms with van der Waals surface area (Å²) in [6, 6.07) is 0.479. The Bertz CT molecular complexity index is 207. The van der Waals surface area contributed by atoms with Gasteiger partial charge in [0.15, 0.2) is 0 Å². The molecule has 1 fully saturated rings. The molecule has 0 aromatic rings. The van der Waals surface area contributed by atoms with Crippen LogP contribution in [-0.2, 0) is 0 Å². The van der Waals surface area contributed by atoms with Crippen LogP contribution in [-0.4, -0.2) is 6.04 Å². The SMILES string of the molecule is C/C=C(C)\C=C/CC1CCC(N)CC1. The van der Waals surface area contributed by atoms with Crippen molar-refractivity contribution in [2.75, 3.05) is 0 Å². The Labute approximate surface area is 88.1 Å². The zero-order valence-corrected chi connectivity index (χ0v) is 9.50. The first kappa shape index (κ1) is 11.5. The van der Waals surface area contributed by atoms with Crippen LogP contribution in [0.15, 0.2) is 23.8 Å². The van der Waals surface area contributed by atoms with Crippen LogP contribution in [0.5, 0.6) is 0 Å². The van der Waals surface area contributed by atoms with Crippen molar-refractivity contribution in [3.05, 3.63) is 23.8 Å². The van der Waals surface area contributed by atoms with Gasteiger partial charge >= 0.3 is 0 Å². The highest BCUT2D eigenvalue weighted by Gasteiger charge is 2.16. The predicted octanol–water partition coefficient (Wildman–Crippen LogP) is 3.42. The number of allylic oxidation sites excluding steroid dienone is 4. The second-order valence-corrected chi connectivity index (χ2v) is 4.45. The Morgan fingerprint density at radius 1 is 1.29 bits per heavy atom. The van der Waals surface area contributed by atoms with E-state index in [0.717, 1.165) is 5.92 Å². The molecule has 80 valence electrons. The zero-order valence-electron chi connectivity index (χ0n) is 9.50. The lowest BCUT2D eigenvalue weighted by Gasteiger charge is -2.24. The second-order valence-electron chi connectivity index (χ2n) is 4.45. The van der Waals surface area contributed by atoms with E-state index in [1.807, 2.05) is 0 Å². The van der Waals surface area contributed by atoms with Gasteiger partial charge in [0.1, 0.15) is 0 Å². The molecule has 0 bridgehead atoms. The molecule has 0 radical (unpaired) electrons. The van der Waals surface area contributed by atoms with Gasteiger partial charge in [0.05, 0.1) is 0 Å². The van der Waals surface area contributed by atoms with E-state index in [4.69, 9.17) is 5.73 Å². The summed E-state index contributed by atoms with van der Waals surface area (Å²) in [4.78, 5) is 0. The fraction of sp³-hybridized carbons (Fsp3) is 0.692. The number of hydrogen-bond donors (Lipinski definition) is 1. The number of hydrogen-bond acceptors (Lipinski definition) is 1. The molecule has 0 heterocycles. The average Bonchev–Trinajstić information content (AvgIpc) is 2.21. The summed E-state index contributed by atoms with van der Waals surface area (Å²) < 4.78 is 0. The Morgan fingerprint density at radius 2 is 1.93 bits per heavy atom. The maximum absolute atomic E-state index is 5.87. The van der Waals surface area contributed by atoms with E-state index in [1.54, 1.807) is 0 Å².